The number of anilines is 1. The van der Waals surface area contributed by atoms with Gasteiger partial charge in [0.1, 0.15) is 35.2 Å². The molecule has 32 heavy (non-hydrogen) atoms. The van der Waals surface area contributed by atoms with Crippen LogP contribution in [0.2, 0.25) is 0 Å². The van der Waals surface area contributed by atoms with Crippen LogP contribution in [-0.2, 0) is 10.3 Å². The van der Waals surface area contributed by atoms with Crippen LogP contribution in [0.15, 0.2) is 41.5 Å². The lowest BCUT2D eigenvalue weighted by Crippen LogP contribution is -2.42. The van der Waals surface area contributed by atoms with E-state index in [1.165, 1.54) is 30.3 Å². The van der Waals surface area contributed by atoms with Crippen LogP contribution >= 0.6 is 0 Å². The summed E-state index contributed by atoms with van der Waals surface area (Å²) in [6.07, 6.45) is -1.73. The molecule has 1 fully saturated rings. The molecular weight excluding hydrogens is 432 g/mol. The molecule has 0 saturated heterocycles. The number of nitrogens with two attached hydrogens (primary N) is 1. The van der Waals surface area contributed by atoms with Crippen LogP contribution in [0.4, 0.5) is 23.2 Å². The SMILES string of the molecule is NC1=NC(c2cc(NC(=O)c3ccc(OCC(F)(F)F)cn3)ccc2F)(C2CC2)COC1. The van der Waals surface area contributed by atoms with Crippen molar-refractivity contribution in [3.8, 4) is 5.75 Å². The number of aromatic nitrogens is 1. The molecule has 1 aromatic carbocycles. The molecule has 1 aliphatic carbocycles. The van der Waals surface area contributed by atoms with E-state index in [0.717, 1.165) is 19.0 Å². The van der Waals surface area contributed by atoms with Crippen molar-refractivity contribution in [3.63, 3.8) is 0 Å². The molecule has 4 rings (SSSR count). The van der Waals surface area contributed by atoms with E-state index < -0.39 is 30.0 Å². The van der Waals surface area contributed by atoms with Gasteiger partial charge >= 0.3 is 6.18 Å². The van der Waals surface area contributed by atoms with Crippen molar-refractivity contribution in [1.82, 2.24) is 4.98 Å². The highest BCUT2D eigenvalue weighted by Gasteiger charge is 2.49. The second-order valence-corrected chi connectivity index (χ2v) is 7.73. The van der Waals surface area contributed by atoms with Crippen molar-refractivity contribution in [3.05, 3.63) is 53.6 Å². The minimum absolute atomic E-state index is 0.0459. The third-order valence-corrected chi connectivity index (χ3v) is 5.23. The number of amidine groups is 1. The number of carbonyl (C=O) groups excluding carboxylic acids is 1. The number of rotatable bonds is 6. The van der Waals surface area contributed by atoms with Crippen LogP contribution in [0.5, 0.6) is 5.75 Å². The van der Waals surface area contributed by atoms with Gasteiger partial charge in [0.2, 0.25) is 0 Å². The number of hydrogen-bond acceptors (Lipinski definition) is 6. The summed E-state index contributed by atoms with van der Waals surface area (Å²) in [5, 5.41) is 2.62. The lowest BCUT2D eigenvalue weighted by atomic mass is 9.85. The third kappa shape index (κ3) is 4.82. The number of amides is 1. The average Bonchev–Trinajstić information content (AvgIpc) is 3.59. The fourth-order valence-corrected chi connectivity index (χ4v) is 3.66. The quantitative estimate of drug-likeness (QED) is 0.655. The number of carbonyl (C=O) groups is 1. The van der Waals surface area contributed by atoms with E-state index in [1.54, 1.807) is 0 Å². The Balaban J connectivity index is 1.52. The van der Waals surface area contributed by atoms with Crippen LogP contribution in [0.3, 0.4) is 0 Å². The number of nitrogens with one attached hydrogen (secondary N) is 1. The number of benzene rings is 1. The number of hydrogen-bond donors (Lipinski definition) is 2. The molecule has 0 radical (unpaired) electrons. The summed E-state index contributed by atoms with van der Waals surface area (Å²) in [5.41, 5.74) is 5.47. The molecule has 170 valence electrons. The summed E-state index contributed by atoms with van der Waals surface area (Å²) in [7, 11) is 0. The third-order valence-electron chi connectivity index (χ3n) is 5.23. The van der Waals surface area contributed by atoms with E-state index in [4.69, 9.17) is 10.5 Å². The van der Waals surface area contributed by atoms with Gasteiger partial charge in [0, 0.05) is 11.3 Å². The Hall–Kier alpha value is -3.21. The van der Waals surface area contributed by atoms with Gasteiger partial charge in [0.25, 0.3) is 5.91 Å². The van der Waals surface area contributed by atoms with Gasteiger partial charge in [-0.15, -0.1) is 0 Å². The van der Waals surface area contributed by atoms with E-state index in [9.17, 15) is 22.4 Å². The number of halogens is 4. The van der Waals surface area contributed by atoms with Crippen molar-refractivity contribution in [1.29, 1.82) is 0 Å². The number of aliphatic imine (C=N–C) groups is 1. The zero-order valence-corrected chi connectivity index (χ0v) is 16.8. The van der Waals surface area contributed by atoms with Crippen LogP contribution in [0.1, 0.15) is 28.9 Å². The van der Waals surface area contributed by atoms with Crippen molar-refractivity contribution in [2.75, 3.05) is 25.1 Å². The predicted octanol–water partition coefficient (Wildman–Crippen LogP) is 3.41. The van der Waals surface area contributed by atoms with E-state index >= 15 is 0 Å². The molecule has 3 N–H and O–H groups in total. The largest absolute Gasteiger partial charge is 0.483 e. The number of pyridine rings is 1. The van der Waals surface area contributed by atoms with Gasteiger partial charge < -0.3 is 20.5 Å². The lowest BCUT2D eigenvalue weighted by Gasteiger charge is -2.34. The van der Waals surface area contributed by atoms with E-state index in [-0.39, 0.29) is 42.0 Å². The zero-order valence-electron chi connectivity index (χ0n) is 16.8. The number of alkyl halides is 3. The maximum absolute atomic E-state index is 14.8. The Bertz CT molecular complexity index is 1040. The van der Waals surface area contributed by atoms with Crippen LogP contribution in [-0.4, -0.2) is 42.7 Å². The standard InChI is InChI=1S/C21H20F4N4O3/c22-16-5-3-13(7-15(16)20(12-1-2-12)10-31-9-18(26)29-20)28-19(30)17-6-4-14(8-27-17)32-11-21(23,24)25/h3-8,12H,1-2,9-11H2,(H2,26,29)(H,28,30). The van der Waals surface area contributed by atoms with Gasteiger partial charge in [-0.3, -0.25) is 9.79 Å². The van der Waals surface area contributed by atoms with Gasteiger partial charge in [-0.05, 0) is 49.1 Å². The van der Waals surface area contributed by atoms with E-state index in [0.29, 0.717) is 5.69 Å². The van der Waals surface area contributed by atoms with Crippen molar-refractivity contribution < 1.29 is 31.8 Å². The number of ether oxygens (including phenoxy) is 2. The Morgan fingerprint density at radius 1 is 1.28 bits per heavy atom. The summed E-state index contributed by atoms with van der Waals surface area (Å²) < 4.78 is 61.6. The maximum atomic E-state index is 14.8. The maximum Gasteiger partial charge on any atom is 0.422 e. The van der Waals surface area contributed by atoms with Gasteiger partial charge in [-0.25, -0.2) is 9.37 Å². The second-order valence-electron chi connectivity index (χ2n) is 7.73. The minimum Gasteiger partial charge on any atom is -0.483 e. The molecule has 2 aromatic rings. The summed E-state index contributed by atoms with van der Waals surface area (Å²) in [5.74, 6) is -0.849. The molecule has 1 saturated carbocycles. The fourth-order valence-electron chi connectivity index (χ4n) is 3.66. The highest BCUT2D eigenvalue weighted by atomic mass is 19.4. The van der Waals surface area contributed by atoms with Crippen molar-refractivity contribution >= 4 is 17.4 Å². The highest BCUT2D eigenvalue weighted by molar-refractivity contribution is 6.02. The zero-order chi connectivity index (χ0) is 22.9. The fraction of sp³-hybridized carbons (Fsp3) is 0.381. The summed E-state index contributed by atoms with van der Waals surface area (Å²) in [6, 6.07) is 6.57. The molecule has 1 amide bonds. The predicted molar refractivity (Wildman–Crippen MR) is 107 cm³/mol. The Kier molecular flexibility index (Phi) is 5.76. The Labute approximate surface area is 180 Å². The Morgan fingerprint density at radius 3 is 2.69 bits per heavy atom. The molecule has 1 aromatic heterocycles. The minimum atomic E-state index is -4.48. The molecular formula is C21H20F4N4O3. The molecule has 2 aliphatic rings. The van der Waals surface area contributed by atoms with E-state index in [1.807, 2.05) is 0 Å². The molecule has 0 bridgehead atoms. The van der Waals surface area contributed by atoms with Crippen LogP contribution in [0, 0.1) is 11.7 Å². The summed E-state index contributed by atoms with van der Waals surface area (Å²) >= 11 is 0. The molecule has 1 unspecified atom stereocenters. The summed E-state index contributed by atoms with van der Waals surface area (Å²) in [4.78, 5) is 20.9. The molecule has 7 nitrogen and oxygen atoms in total. The van der Waals surface area contributed by atoms with Crippen molar-refractivity contribution in [2.24, 2.45) is 16.6 Å². The van der Waals surface area contributed by atoms with Gasteiger partial charge in [0.15, 0.2) is 6.61 Å². The Morgan fingerprint density at radius 2 is 2.06 bits per heavy atom. The molecule has 2 heterocycles. The topological polar surface area (TPSA) is 98.8 Å². The average molecular weight is 452 g/mol. The molecule has 1 atom stereocenters. The van der Waals surface area contributed by atoms with Crippen LogP contribution in [0.25, 0.3) is 0 Å². The first-order valence-electron chi connectivity index (χ1n) is 9.85. The van der Waals surface area contributed by atoms with Gasteiger partial charge in [-0.2, -0.15) is 13.2 Å². The normalized spacial score (nSPS) is 21.1. The molecule has 11 heteroatoms. The smallest absolute Gasteiger partial charge is 0.422 e. The summed E-state index contributed by atoms with van der Waals surface area (Å²) in [6.45, 7) is -1.09. The van der Waals surface area contributed by atoms with E-state index in [2.05, 4.69) is 20.0 Å². The molecule has 0 spiro atoms. The first-order chi connectivity index (χ1) is 15.2. The lowest BCUT2D eigenvalue weighted by molar-refractivity contribution is -0.153. The highest BCUT2D eigenvalue weighted by Crippen LogP contribution is 2.50. The molecule has 1 aliphatic heterocycles. The van der Waals surface area contributed by atoms with Crippen LogP contribution < -0.4 is 15.8 Å². The van der Waals surface area contributed by atoms with Gasteiger partial charge in [-0.1, -0.05) is 0 Å². The first-order valence-corrected chi connectivity index (χ1v) is 9.85. The monoisotopic (exact) mass is 452 g/mol. The first kappa shape index (κ1) is 22.0. The van der Waals surface area contributed by atoms with Gasteiger partial charge in [0.05, 0.1) is 12.8 Å². The number of nitrogens with zero attached hydrogens (tertiary/aromatic N) is 2. The second kappa shape index (κ2) is 8.38. The van der Waals surface area contributed by atoms with Crippen molar-refractivity contribution in [2.45, 2.75) is 24.6 Å².